The third kappa shape index (κ3) is 2.77. The maximum Gasteiger partial charge on any atom is 0.123 e. The molecule has 0 aliphatic heterocycles. The zero-order chi connectivity index (χ0) is 15.1. The average Bonchev–Trinajstić information content (AvgIpc) is 2.26. The van der Waals surface area contributed by atoms with E-state index >= 15 is 0 Å². The van der Waals surface area contributed by atoms with Gasteiger partial charge in [-0.25, -0.2) is 0 Å². The van der Waals surface area contributed by atoms with Crippen LogP contribution < -0.4 is 0 Å². The van der Waals surface area contributed by atoms with Gasteiger partial charge in [-0.1, -0.05) is 65.8 Å². The van der Waals surface area contributed by atoms with E-state index < -0.39 is 0 Å². The second-order valence-electron chi connectivity index (χ2n) is 8.23. The first-order valence-electron chi connectivity index (χ1n) is 7.61. The van der Waals surface area contributed by atoms with Crippen molar-refractivity contribution < 1.29 is 5.11 Å². The summed E-state index contributed by atoms with van der Waals surface area (Å²) in [5.74, 6) is 1.44. The van der Waals surface area contributed by atoms with Crippen molar-refractivity contribution in [3.05, 3.63) is 35.4 Å². The number of hydrogen-bond donors (Lipinski definition) is 1. The topological polar surface area (TPSA) is 20.2 Å². The van der Waals surface area contributed by atoms with E-state index in [1.807, 2.05) is 6.07 Å². The number of aromatic hydroxyl groups is 1. The fourth-order valence-corrected chi connectivity index (χ4v) is 4.36. The number of phenolic OH excluding ortho intramolecular Hbond substituents is 1. The van der Waals surface area contributed by atoms with Crippen molar-refractivity contribution >= 4 is 6.08 Å². The Morgan fingerprint density at radius 3 is 2.20 bits per heavy atom. The molecule has 2 rings (SSSR count). The third-order valence-electron chi connectivity index (χ3n) is 4.46. The Labute approximate surface area is 123 Å². The van der Waals surface area contributed by atoms with Gasteiger partial charge >= 0.3 is 0 Å². The van der Waals surface area contributed by atoms with Gasteiger partial charge in [0.2, 0.25) is 0 Å². The molecule has 1 aliphatic carbocycles. The summed E-state index contributed by atoms with van der Waals surface area (Å²) >= 11 is 0. The second-order valence-corrected chi connectivity index (χ2v) is 8.23. The van der Waals surface area contributed by atoms with Gasteiger partial charge in [-0.2, -0.15) is 0 Å². The van der Waals surface area contributed by atoms with Gasteiger partial charge in [0.05, 0.1) is 0 Å². The molecular weight excluding hydrogens is 244 g/mol. The minimum absolute atomic E-state index is 0.233. The molecule has 1 N–H and O–H groups in total. The maximum absolute atomic E-state index is 10.1. The summed E-state index contributed by atoms with van der Waals surface area (Å²) in [6.07, 6.45) is 5.36. The SMILES string of the molecule is CC(C)(C)C(C1CC=Cc2c(O)cccc21)C(C)(C)C. The number of phenols is 1. The molecule has 1 aromatic rings. The van der Waals surface area contributed by atoms with Crippen molar-refractivity contribution in [3.8, 4) is 5.75 Å². The molecular formula is C19H28O. The van der Waals surface area contributed by atoms with E-state index in [1.165, 1.54) is 5.56 Å². The smallest absolute Gasteiger partial charge is 0.123 e. The first-order chi connectivity index (χ1) is 9.12. The molecule has 1 aliphatic rings. The zero-order valence-corrected chi connectivity index (χ0v) is 13.7. The summed E-state index contributed by atoms with van der Waals surface area (Å²) in [6.45, 7) is 14.0. The molecule has 1 unspecified atom stereocenters. The Balaban J connectivity index is 2.53. The van der Waals surface area contributed by atoms with Gasteiger partial charge in [0, 0.05) is 5.56 Å². The Bertz CT molecular complexity index is 498. The molecule has 0 aromatic heterocycles. The molecule has 0 spiro atoms. The Morgan fingerprint density at radius 1 is 1.05 bits per heavy atom. The fraction of sp³-hybridized carbons (Fsp3) is 0.579. The molecule has 20 heavy (non-hydrogen) atoms. The highest BCUT2D eigenvalue weighted by Crippen LogP contribution is 2.52. The molecule has 0 radical (unpaired) electrons. The van der Waals surface area contributed by atoms with Crippen molar-refractivity contribution in [3.63, 3.8) is 0 Å². The molecule has 0 heterocycles. The summed E-state index contributed by atoms with van der Waals surface area (Å²) in [5, 5.41) is 10.1. The monoisotopic (exact) mass is 272 g/mol. The summed E-state index contributed by atoms with van der Waals surface area (Å²) in [7, 11) is 0. The number of allylic oxidation sites excluding steroid dienone is 1. The highest BCUT2D eigenvalue weighted by atomic mass is 16.3. The van der Waals surface area contributed by atoms with Crippen LogP contribution in [0.3, 0.4) is 0 Å². The van der Waals surface area contributed by atoms with Crippen LogP contribution in [0.25, 0.3) is 6.08 Å². The van der Waals surface area contributed by atoms with E-state index in [-0.39, 0.29) is 10.8 Å². The minimum Gasteiger partial charge on any atom is -0.507 e. The van der Waals surface area contributed by atoms with E-state index in [4.69, 9.17) is 0 Å². The van der Waals surface area contributed by atoms with Gasteiger partial charge in [-0.05, 0) is 40.7 Å². The van der Waals surface area contributed by atoms with Crippen LogP contribution in [-0.4, -0.2) is 5.11 Å². The standard InChI is InChI=1S/C19H28O/c1-18(2,3)17(19(4,5)6)15-11-7-10-14-13(15)9-8-12-16(14)20/h7-10,12,15,17,20H,11H2,1-6H3. The summed E-state index contributed by atoms with van der Waals surface area (Å²) < 4.78 is 0. The Morgan fingerprint density at radius 2 is 1.65 bits per heavy atom. The molecule has 1 nitrogen and oxygen atoms in total. The van der Waals surface area contributed by atoms with Crippen LogP contribution >= 0.6 is 0 Å². The van der Waals surface area contributed by atoms with Gasteiger partial charge in [-0.15, -0.1) is 0 Å². The van der Waals surface area contributed by atoms with E-state index in [1.54, 1.807) is 6.07 Å². The Kier molecular flexibility index (Phi) is 3.75. The first kappa shape index (κ1) is 15.2. The molecule has 0 bridgehead atoms. The summed E-state index contributed by atoms with van der Waals surface area (Å²) in [6, 6.07) is 5.95. The third-order valence-corrected chi connectivity index (χ3v) is 4.46. The van der Waals surface area contributed by atoms with Crippen LogP contribution in [0.2, 0.25) is 0 Å². The van der Waals surface area contributed by atoms with Gasteiger partial charge in [0.15, 0.2) is 0 Å². The molecule has 1 atom stereocenters. The van der Waals surface area contributed by atoms with E-state index in [0.717, 1.165) is 12.0 Å². The lowest BCUT2D eigenvalue weighted by atomic mass is 9.58. The van der Waals surface area contributed by atoms with E-state index in [2.05, 4.69) is 59.8 Å². The fourth-order valence-electron chi connectivity index (χ4n) is 4.36. The zero-order valence-electron chi connectivity index (χ0n) is 13.7. The lowest BCUT2D eigenvalue weighted by molar-refractivity contribution is 0.0733. The van der Waals surface area contributed by atoms with Crippen molar-refractivity contribution in [2.75, 3.05) is 0 Å². The van der Waals surface area contributed by atoms with E-state index in [9.17, 15) is 5.11 Å². The van der Waals surface area contributed by atoms with Crippen molar-refractivity contribution in [1.82, 2.24) is 0 Å². The quantitative estimate of drug-likeness (QED) is 0.705. The number of hydrogen-bond acceptors (Lipinski definition) is 1. The molecule has 0 amide bonds. The van der Waals surface area contributed by atoms with Crippen LogP contribution in [0.4, 0.5) is 0 Å². The normalized spacial score (nSPS) is 19.2. The van der Waals surface area contributed by atoms with E-state index in [0.29, 0.717) is 17.6 Å². The van der Waals surface area contributed by atoms with Gasteiger partial charge < -0.3 is 5.11 Å². The second kappa shape index (κ2) is 4.95. The first-order valence-corrected chi connectivity index (χ1v) is 7.61. The van der Waals surface area contributed by atoms with Crippen LogP contribution in [0, 0.1) is 16.7 Å². The molecule has 1 aromatic carbocycles. The lowest BCUT2D eigenvalue weighted by Crippen LogP contribution is -2.38. The minimum atomic E-state index is 0.233. The molecule has 0 saturated heterocycles. The van der Waals surface area contributed by atoms with Crippen molar-refractivity contribution in [2.45, 2.75) is 53.9 Å². The van der Waals surface area contributed by atoms with Gasteiger partial charge in [0.25, 0.3) is 0 Å². The summed E-state index contributed by atoms with van der Waals surface area (Å²) in [5.41, 5.74) is 2.79. The molecule has 0 saturated carbocycles. The maximum atomic E-state index is 10.1. The predicted molar refractivity (Wildman–Crippen MR) is 86.9 cm³/mol. The van der Waals surface area contributed by atoms with Crippen molar-refractivity contribution in [2.24, 2.45) is 16.7 Å². The van der Waals surface area contributed by atoms with Crippen LogP contribution in [0.1, 0.15) is 65.0 Å². The molecule has 0 fully saturated rings. The van der Waals surface area contributed by atoms with Crippen molar-refractivity contribution in [1.29, 1.82) is 0 Å². The van der Waals surface area contributed by atoms with Gasteiger partial charge in [0.1, 0.15) is 5.75 Å². The van der Waals surface area contributed by atoms with Crippen LogP contribution in [-0.2, 0) is 0 Å². The predicted octanol–water partition coefficient (Wildman–Crippen LogP) is 5.60. The summed E-state index contributed by atoms with van der Waals surface area (Å²) in [4.78, 5) is 0. The van der Waals surface area contributed by atoms with Gasteiger partial charge in [-0.3, -0.25) is 0 Å². The number of benzene rings is 1. The number of fused-ring (bicyclic) bond motifs is 1. The largest absolute Gasteiger partial charge is 0.507 e. The molecule has 1 heteroatoms. The number of rotatable bonds is 1. The molecule has 110 valence electrons. The Hall–Kier alpha value is -1.24. The van der Waals surface area contributed by atoms with Crippen LogP contribution in [0.15, 0.2) is 24.3 Å². The highest BCUT2D eigenvalue weighted by Gasteiger charge is 2.41. The lowest BCUT2D eigenvalue weighted by Gasteiger charge is -2.47. The highest BCUT2D eigenvalue weighted by molar-refractivity contribution is 5.64. The average molecular weight is 272 g/mol. The van der Waals surface area contributed by atoms with Crippen LogP contribution in [0.5, 0.6) is 5.75 Å².